The smallest absolute Gasteiger partial charge is 0.238 e. The van der Waals surface area contributed by atoms with Crippen LogP contribution in [0.15, 0.2) is 6.33 Å². The highest BCUT2D eigenvalue weighted by Gasteiger charge is 2.35. The van der Waals surface area contributed by atoms with Gasteiger partial charge in [0.1, 0.15) is 0 Å². The predicted octanol–water partition coefficient (Wildman–Crippen LogP) is 0.235. The van der Waals surface area contributed by atoms with Gasteiger partial charge in [0.15, 0.2) is 0 Å². The first kappa shape index (κ1) is 13.6. The van der Waals surface area contributed by atoms with Crippen LogP contribution >= 0.6 is 0 Å². The largest absolute Gasteiger partial charge is 0.394 e. The minimum absolute atomic E-state index is 0.0189. The van der Waals surface area contributed by atoms with E-state index in [2.05, 4.69) is 20.6 Å². The van der Waals surface area contributed by atoms with Crippen molar-refractivity contribution in [3.63, 3.8) is 0 Å². The highest BCUT2D eigenvalue weighted by Crippen LogP contribution is 2.28. The maximum atomic E-state index is 12.4. The third kappa shape index (κ3) is 2.58. The molecular formula is C14H22N4O2. The second-order valence-corrected chi connectivity index (χ2v) is 5.95. The van der Waals surface area contributed by atoms with Crippen molar-refractivity contribution in [3.8, 4) is 0 Å². The number of hydrogen-bond acceptors (Lipinski definition) is 4. The lowest BCUT2D eigenvalue weighted by atomic mass is 9.82. The number of nitrogens with one attached hydrogen (secondary N) is 3. The van der Waals surface area contributed by atoms with Crippen LogP contribution in [0.25, 0.3) is 0 Å². The number of amides is 1. The van der Waals surface area contributed by atoms with E-state index in [0.717, 1.165) is 37.1 Å². The van der Waals surface area contributed by atoms with Gasteiger partial charge in [-0.25, -0.2) is 4.98 Å². The number of nitrogens with zero attached hydrogens (tertiary/aromatic N) is 1. The van der Waals surface area contributed by atoms with E-state index in [1.807, 2.05) is 0 Å². The van der Waals surface area contributed by atoms with Gasteiger partial charge < -0.3 is 15.4 Å². The molecule has 0 saturated heterocycles. The van der Waals surface area contributed by atoms with Crippen LogP contribution in [-0.4, -0.2) is 39.2 Å². The summed E-state index contributed by atoms with van der Waals surface area (Å²) >= 11 is 0. The summed E-state index contributed by atoms with van der Waals surface area (Å²) in [5.74, 6) is -0.0189. The summed E-state index contributed by atoms with van der Waals surface area (Å²) in [5, 5.41) is 16.0. The Hall–Kier alpha value is -1.40. The lowest BCUT2D eigenvalue weighted by Crippen LogP contribution is -2.58. The fraction of sp³-hybridized carbons (Fsp3) is 0.714. The molecule has 6 heteroatoms. The quantitative estimate of drug-likeness (QED) is 0.637. The number of aliphatic hydroxyl groups excluding tert-OH is 1. The van der Waals surface area contributed by atoms with Crippen molar-refractivity contribution in [2.75, 3.05) is 6.61 Å². The standard InChI is InChI=1S/C14H22N4O2/c19-8-14(4-2-1-3-5-14)18-13(20)11-6-10-12(7-15-11)17-9-16-10/h9,11,15,19H,1-8H2,(H,16,17)(H,18,20). The van der Waals surface area contributed by atoms with Crippen LogP contribution in [0.4, 0.5) is 0 Å². The summed E-state index contributed by atoms with van der Waals surface area (Å²) in [4.78, 5) is 19.8. The summed E-state index contributed by atoms with van der Waals surface area (Å²) in [6.07, 6.45) is 7.35. The van der Waals surface area contributed by atoms with Crippen molar-refractivity contribution in [1.82, 2.24) is 20.6 Å². The van der Waals surface area contributed by atoms with Crippen molar-refractivity contribution >= 4 is 5.91 Å². The fourth-order valence-electron chi connectivity index (χ4n) is 3.25. The molecule has 0 radical (unpaired) electrons. The average molecular weight is 278 g/mol. The van der Waals surface area contributed by atoms with Gasteiger partial charge in [0.25, 0.3) is 0 Å². The highest BCUT2D eigenvalue weighted by molar-refractivity contribution is 5.83. The zero-order chi connectivity index (χ0) is 14.0. The molecule has 1 aromatic heterocycles. The number of hydrogen-bond donors (Lipinski definition) is 4. The van der Waals surface area contributed by atoms with Crippen molar-refractivity contribution < 1.29 is 9.90 Å². The zero-order valence-electron chi connectivity index (χ0n) is 11.6. The van der Waals surface area contributed by atoms with Gasteiger partial charge in [-0.1, -0.05) is 19.3 Å². The Balaban J connectivity index is 1.64. The maximum absolute atomic E-state index is 12.4. The van der Waals surface area contributed by atoms with Gasteiger partial charge >= 0.3 is 0 Å². The predicted molar refractivity (Wildman–Crippen MR) is 74.0 cm³/mol. The number of H-pyrrole nitrogens is 1. The van der Waals surface area contributed by atoms with Gasteiger partial charge in [0, 0.05) is 13.0 Å². The van der Waals surface area contributed by atoms with Gasteiger partial charge in [0.05, 0.1) is 35.9 Å². The molecule has 1 atom stereocenters. The molecule has 3 rings (SSSR count). The van der Waals surface area contributed by atoms with Crippen LogP contribution in [-0.2, 0) is 17.8 Å². The normalized spacial score (nSPS) is 24.9. The number of aromatic nitrogens is 2. The van der Waals surface area contributed by atoms with E-state index in [4.69, 9.17) is 0 Å². The van der Waals surface area contributed by atoms with Gasteiger partial charge in [-0.3, -0.25) is 10.1 Å². The molecule has 6 nitrogen and oxygen atoms in total. The van der Waals surface area contributed by atoms with Crippen LogP contribution in [0.2, 0.25) is 0 Å². The summed E-state index contributed by atoms with van der Waals surface area (Å²) in [6, 6.07) is -0.254. The first-order chi connectivity index (χ1) is 9.72. The second kappa shape index (κ2) is 5.54. The lowest BCUT2D eigenvalue weighted by molar-refractivity contribution is -0.126. The molecule has 1 aliphatic carbocycles. The number of carbonyl (C=O) groups excluding carboxylic acids is 1. The van der Waals surface area contributed by atoms with Crippen LogP contribution in [0.3, 0.4) is 0 Å². The van der Waals surface area contributed by atoms with Crippen LogP contribution < -0.4 is 10.6 Å². The molecule has 0 spiro atoms. The average Bonchev–Trinajstić information content (AvgIpc) is 2.95. The van der Waals surface area contributed by atoms with Crippen LogP contribution in [0.1, 0.15) is 43.5 Å². The molecular weight excluding hydrogens is 256 g/mol. The SMILES string of the molecule is O=C(NC1(CO)CCCCC1)C1Cc2nc[nH]c2CN1. The molecule has 1 unspecified atom stereocenters. The minimum atomic E-state index is -0.414. The van der Waals surface area contributed by atoms with E-state index >= 15 is 0 Å². The number of carbonyl (C=O) groups is 1. The van der Waals surface area contributed by atoms with Gasteiger partial charge in [-0.15, -0.1) is 0 Å². The topological polar surface area (TPSA) is 90.0 Å². The Kier molecular flexibility index (Phi) is 3.76. The van der Waals surface area contributed by atoms with Gasteiger partial charge in [-0.05, 0) is 12.8 Å². The third-order valence-electron chi connectivity index (χ3n) is 4.55. The molecule has 0 aromatic carbocycles. The molecule has 110 valence electrons. The summed E-state index contributed by atoms with van der Waals surface area (Å²) in [7, 11) is 0. The zero-order valence-corrected chi connectivity index (χ0v) is 11.6. The monoisotopic (exact) mass is 278 g/mol. The Labute approximate surface area is 118 Å². The summed E-state index contributed by atoms with van der Waals surface area (Å²) in [6.45, 7) is 0.665. The number of aromatic amines is 1. The number of fused-ring (bicyclic) bond motifs is 1. The Morgan fingerprint density at radius 2 is 2.25 bits per heavy atom. The first-order valence-corrected chi connectivity index (χ1v) is 7.40. The molecule has 2 aliphatic rings. The molecule has 4 N–H and O–H groups in total. The first-order valence-electron chi connectivity index (χ1n) is 7.40. The molecule has 1 amide bonds. The number of rotatable bonds is 3. The summed E-state index contributed by atoms with van der Waals surface area (Å²) < 4.78 is 0. The Morgan fingerprint density at radius 1 is 1.45 bits per heavy atom. The Morgan fingerprint density at radius 3 is 3.00 bits per heavy atom. The van der Waals surface area contributed by atoms with E-state index in [-0.39, 0.29) is 18.6 Å². The van der Waals surface area contributed by atoms with Crippen LogP contribution in [0, 0.1) is 0 Å². The molecule has 1 aliphatic heterocycles. The van der Waals surface area contributed by atoms with Gasteiger partial charge in [-0.2, -0.15) is 0 Å². The third-order valence-corrected chi connectivity index (χ3v) is 4.55. The van der Waals surface area contributed by atoms with E-state index in [1.54, 1.807) is 6.33 Å². The minimum Gasteiger partial charge on any atom is -0.394 e. The van der Waals surface area contributed by atoms with Crippen molar-refractivity contribution in [1.29, 1.82) is 0 Å². The van der Waals surface area contributed by atoms with Gasteiger partial charge in [0.2, 0.25) is 5.91 Å². The van der Waals surface area contributed by atoms with Crippen molar-refractivity contribution in [3.05, 3.63) is 17.7 Å². The molecule has 2 heterocycles. The summed E-state index contributed by atoms with van der Waals surface area (Å²) in [5.41, 5.74) is 1.61. The fourth-order valence-corrected chi connectivity index (χ4v) is 3.25. The molecule has 1 aromatic rings. The highest BCUT2D eigenvalue weighted by atomic mass is 16.3. The van der Waals surface area contributed by atoms with E-state index < -0.39 is 5.54 Å². The second-order valence-electron chi connectivity index (χ2n) is 5.95. The van der Waals surface area contributed by atoms with Crippen molar-refractivity contribution in [2.24, 2.45) is 0 Å². The lowest BCUT2D eigenvalue weighted by Gasteiger charge is -2.38. The molecule has 20 heavy (non-hydrogen) atoms. The number of imidazole rings is 1. The Bertz CT molecular complexity index is 479. The van der Waals surface area contributed by atoms with E-state index in [9.17, 15) is 9.90 Å². The molecule has 0 bridgehead atoms. The van der Waals surface area contributed by atoms with E-state index in [1.165, 1.54) is 6.42 Å². The molecule has 1 fully saturated rings. The van der Waals surface area contributed by atoms with Crippen LogP contribution in [0.5, 0.6) is 0 Å². The van der Waals surface area contributed by atoms with Crippen molar-refractivity contribution in [2.45, 2.75) is 56.7 Å². The molecule has 1 saturated carbocycles. The maximum Gasteiger partial charge on any atom is 0.238 e. The number of aliphatic hydroxyl groups is 1. The van der Waals surface area contributed by atoms with E-state index in [0.29, 0.717) is 13.0 Å².